The SMILES string of the molecule is C=CCOc1ccc(Br)cc1.CO. The van der Waals surface area contributed by atoms with Crippen LogP contribution in [0.4, 0.5) is 0 Å². The second-order valence-electron chi connectivity index (χ2n) is 2.05. The molecule has 2 nitrogen and oxygen atoms in total. The molecule has 0 saturated heterocycles. The lowest BCUT2D eigenvalue weighted by Gasteiger charge is -2.01. The van der Waals surface area contributed by atoms with Gasteiger partial charge >= 0.3 is 0 Å². The molecule has 1 aromatic carbocycles. The van der Waals surface area contributed by atoms with Gasteiger partial charge in [-0.1, -0.05) is 28.6 Å². The molecule has 0 unspecified atom stereocenters. The zero-order valence-corrected chi connectivity index (χ0v) is 9.12. The van der Waals surface area contributed by atoms with Crippen LogP contribution in [-0.2, 0) is 0 Å². The summed E-state index contributed by atoms with van der Waals surface area (Å²) in [6.45, 7) is 4.12. The van der Waals surface area contributed by atoms with Crippen LogP contribution in [0.1, 0.15) is 0 Å². The molecule has 0 atom stereocenters. The number of hydrogen-bond donors (Lipinski definition) is 1. The first-order valence-electron chi connectivity index (χ1n) is 3.77. The Hall–Kier alpha value is -0.800. The third-order valence-electron chi connectivity index (χ3n) is 1.18. The van der Waals surface area contributed by atoms with Crippen molar-refractivity contribution in [1.29, 1.82) is 0 Å². The molecule has 3 heteroatoms. The Labute approximate surface area is 87.0 Å². The van der Waals surface area contributed by atoms with Crippen LogP contribution < -0.4 is 4.74 Å². The van der Waals surface area contributed by atoms with E-state index in [2.05, 4.69) is 22.5 Å². The summed E-state index contributed by atoms with van der Waals surface area (Å²) in [6, 6.07) is 7.71. The summed E-state index contributed by atoms with van der Waals surface area (Å²) in [4.78, 5) is 0. The average Bonchev–Trinajstić information content (AvgIpc) is 2.20. The van der Waals surface area contributed by atoms with Gasteiger partial charge in [-0.25, -0.2) is 0 Å². The summed E-state index contributed by atoms with van der Waals surface area (Å²) in [6.07, 6.45) is 1.72. The lowest BCUT2D eigenvalue weighted by molar-refractivity contribution is 0.363. The minimum atomic E-state index is 0.557. The molecule has 1 N–H and O–H groups in total. The maximum absolute atomic E-state index is 7.00. The molecule has 0 aliphatic carbocycles. The molecule has 1 rings (SSSR count). The number of aliphatic hydroxyl groups excluding tert-OH is 1. The van der Waals surface area contributed by atoms with Crippen LogP contribution in [0.25, 0.3) is 0 Å². The van der Waals surface area contributed by atoms with Crippen molar-refractivity contribution in [1.82, 2.24) is 0 Å². The van der Waals surface area contributed by atoms with Gasteiger partial charge in [0.05, 0.1) is 0 Å². The van der Waals surface area contributed by atoms with Crippen molar-refractivity contribution < 1.29 is 9.84 Å². The Balaban J connectivity index is 0.000000671. The molecule has 0 amide bonds. The highest BCUT2D eigenvalue weighted by atomic mass is 79.9. The van der Waals surface area contributed by atoms with Crippen LogP contribution in [0, 0.1) is 0 Å². The Morgan fingerprint density at radius 1 is 1.38 bits per heavy atom. The first kappa shape index (κ1) is 12.2. The van der Waals surface area contributed by atoms with E-state index in [1.807, 2.05) is 24.3 Å². The molecule has 0 aromatic heterocycles. The maximum Gasteiger partial charge on any atom is 0.119 e. The number of rotatable bonds is 3. The van der Waals surface area contributed by atoms with E-state index in [1.54, 1.807) is 6.08 Å². The Morgan fingerprint density at radius 3 is 2.38 bits per heavy atom. The number of ether oxygens (including phenoxy) is 1. The van der Waals surface area contributed by atoms with Gasteiger partial charge in [0.2, 0.25) is 0 Å². The van der Waals surface area contributed by atoms with Crippen molar-refractivity contribution in [3.05, 3.63) is 41.4 Å². The van der Waals surface area contributed by atoms with E-state index in [1.165, 1.54) is 0 Å². The van der Waals surface area contributed by atoms with Crippen molar-refractivity contribution >= 4 is 15.9 Å². The summed E-state index contributed by atoms with van der Waals surface area (Å²) in [5.74, 6) is 0.869. The minimum Gasteiger partial charge on any atom is -0.490 e. The Morgan fingerprint density at radius 2 is 1.92 bits per heavy atom. The fraction of sp³-hybridized carbons (Fsp3) is 0.200. The predicted octanol–water partition coefficient (Wildman–Crippen LogP) is 2.62. The fourth-order valence-electron chi connectivity index (χ4n) is 0.686. The highest BCUT2D eigenvalue weighted by Crippen LogP contribution is 2.15. The molecule has 0 saturated carbocycles. The third-order valence-corrected chi connectivity index (χ3v) is 1.71. The zero-order chi connectivity index (χ0) is 10.1. The van der Waals surface area contributed by atoms with Gasteiger partial charge < -0.3 is 9.84 Å². The van der Waals surface area contributed by atoms with E-state index in [-0.39, 0.29) is 0 Å². The van der Waals surface area contributed by atoms with Crippen LogP contribution in [0.3, 0.4) is 0 Å². The van der Waals surface area contributed by atoms with Crippen molar-refractivity contribution in [2.45, 2.75) is 0 Å². The normalized spacial score (nSPS) is 8.23. The number of hydrogen-bond acceptors (Lipinski definition) is 2. The van der Waals surface area contributed by atoms with Gasteiger partial charge in [0.15, 0.2) is 0 Å². The standard InChI is InChI=1S/C9H9BrO.CH4O/c1-2-7-11-9-5-3-8(10)4-6-9;1-2/h2-6H,1,7H2;2H,1H3. The van der Waals surface area contributed by atoms with Gasteiger partial charge in [-0.15, -0.1) is 0 Å². The first-order valence-corrected chi connectivity index (χ1v) is 4.56. The van der Waals surface area contributed by atoms with Crippen molar-refractivity contribution in [2.24, 2.45) is 0 Å². The van der Waals surface area contributed by atoms with E-state index >= 15 is 0 Å². The summed E-state index contributed by atoms with van der Waals surface area (Å²) < 4.78 is 6.33. The van der Waals surface area contributed by atoms with Crippen molar-refractivity contribution in [2.75, 3.05) is 13.7 Å². The highest BCUT2D eigenvalue weighted by Gasteiger charge is 1.89. The fourth-order valence-corrected chi connectivity index (χ4v) is 0.950. The summed E-state index contributed by atoms with van der Waals surface area (Å²) >= 11 is 3.34. The van der Waals surface area contributed by atoms with Gasteiger partial charge in [-0.2, -0.15) is 0 Å². The monoisotopic (exact) mass is 244 g/mol. The third kappa shape index (κ3) is 5.44. The second-order valence-corrected chi connectivity index (χ2v) is 2.97. The molecule has 0 radical (unpaired) electrons. The van der Waals surface area contributed by atoms with Crippen LogP contribution in [0.2, 0.25) is 0 Å². The van der Waals surface area contributed by atoms with Gasteiger partial charge in [-0.05, 0) is 24.3 Å². The molecule has 1 aromatic rings. The van der Waals surface area contributed by atoms with Gasteiger partial charge in [0.25, 0.3) is 0 Å². The van der Waals surface area contributed by atoms with Crippen LogP contribution >= 0.6 is 15.9 Å². The molecular formula is C10H13BrO2. The molecule has 0 spiro atoms. The number of aliphatic hydroxyl groups is 1. The van der Waals surface area contributed by atoms with E-state index < -0.39 is 0 Å². The highest BCUT2D eigenvalue weighted by molar-refractivity contribution is 9.10. The van der Waals surface area contributed by atoms with Gasteiger partial charge in [0.1, 0.15) is 12.4 Å². The van der Waals surface area contributed by atoms with E-state index in [4.69, 9.17) is 9.84 Å². The quantitative estimate of drug-likeness (QED) is 0.829. The molecular weight excluding hydrogens is 232 g/mol. The van der Waals surface area contributed by atoms with E-state index in [0.29, 0.717) is 6.61 Å². The van der Waals surface area contributed by atoms with E-state index in [0.717, 1.165) is 17.3 Å². The second kappa shape index (κ2) is 7.83. The van der Waals surface area contributed by atoms with Crippen LogP contribution in [-0.4, -0.2) is 18.8 Å². The minimum absolute atomic E-state index is 0.557. The number of halogens is 1. The summed E-state index contributed by atoms with van der Waals surface area (Å²) in [5.41, 5.74) is 0. The maximum atomic E-state index is 7.00. The smallest absolute Gasteiger partial charge is 0.119 e. The lowest BCUT2D eigenvalue weighted by atomic mass is 10.3. The van der Waals surface area contributed by atoms with Gasteiger partial charge in [0, 0.05) is 11.6 Å². The topological polar surface area (TPSA) is 29.5 Å². The van der Waals surface area contributed by atoms with E-state index in [9.17, 15) is 0 Å². The largest absolute Gasteiger partial charge is 0.490 e. The predicted molar refractivity (Wildman–Crippen MR) is 58.0 cm³/mol. The molecule has 13 heavy (non-hydrogen) atoms. The van der Waals surface area contributed by atoms with Crippen LogP contribution in [0.5, 0.6) is 5.75 Å². The van der Waals surface area contributed by atoms with Gasteiger partial charge in [-0.3, -0.25) is 0 Å². The number of benzene rings is 1. The molecule has 0 aliphatic rings. The van der Waals surface area contributed by atoms with Crippen LogP contribution in [0.15, 0.2) is 41.4 Å². The van der Waals surface area contributed by atoms with Crippen molar-refractivity contribution in [3.63, 3.8) is 0 Å². The molecule has 0 heterocycles. The average molecular weight is 245 g/mol. The Kier molecular flexibility index (Phi) is 7.35. The summed E-state index contributed by atoms with van der Waals surface area (Å²) in [7, 11) is 1.00. The summed E-state index contributed by atoms with van der Waals surface area (Å²) in [5, 5.41) is 7.00. The first-order chi connectivity index (χ1) is 6.33. The molecule has 0 bridgehead atoms. The van der Waals surface area contributed by atoms with Crippen molar-refractivity contribution in [3.8, 4) is 5.75 Å². The molecule has 0 fully saturated rings. The molecule has 72 valence electrons. The zero-order valence-electron chi connectivity index (χ0n) is 7.53. The Bertz CT molecular complexity index is 231. The molecule has 0 aliphatic heterocycles. The lowest BCUT2D eigenvalue weighted by Crippen LogP contribution is -1.91.